The highest BCUT2D eigenvalue weighted by molar-refractivity contribution is 6.03. The quantitative estimate of drug-likeness (QED) is 0.627. The maximum atomic E-state index is 12.8. The Morgan fingerprint density at radius 3 is 1.86 bits per heavy atom. The lowest BCUT2D eigenvalue weighted by atomic mass is 9.92. The Kier molecular flexibility index (Phi) is 2.38. The van der Waals surface area contributed by atoms with Gasteiger partial charge in [0.05, 0.1) is 0 Å². The predicted octanol–water partition coefficient (Wildman–Crippen LogP) is 2.93. The number of Topliss-reactive ketones (excluding diaryl/α,β-unsaturated/α-hetero) is 1. The Hall–Kier alpha value is -1.09. The lowest BCUT2D eigenvalue weighted by Gasteiger charge is -2.33. The van der Waals surface area contributed by atoms with Gasteiger partial charge in [-0.1, -0.05) is 0 Å². The normalized spacial score (nSPS) is 37.0. The molecule has 0 aromatic carbocycles. The van der Waals surface area contributed by atoms with Crippen molar-refractivity contribution < 1.29 is 49.2 Å². The summed E-state index contributed by atoms with van der Waals surface area (Å²) in [6.45, 7) is -6.45. The minimum Gasteiger partial charge on any atom is -0.378 e. The minimum atomic E-state index is -6.10. The molecule has 3 nitrogen and oxygen atoms in total. The molecule has 0 fully saturated rings. The third kappa shape index (κ3) is 2.80. The third-order valence-electron chi connectivity index (χ3n) is 3.04. The number of hydrogen-bond acceptors (Lipinski definition) is 3. The number of ether oxygens (including phenoxy) is 1. The molecule has 0 saturated heterocycles. The van der Waals surface area contributed by atoms with Crippen LogP contribution in [0.25, 0.3) is 0 Å². The molecule has 0 saturated carbocycles. The van der Waals surface area contributed by atoms with E-state index in [0.29, 0.717) is 6.92 Å². The van der Waals surface area contributed by atoms with Crippen molar-refractivity contribution in [3.63, 3.8) is 0 Å². The maximum Gasteiger partial charge on any atom is 0.423 e. The fourth-order valence-corrected chi connectivity index (χ4v) is 1.84. The number of carbonyl (C=O) groups excluding carboxylic acids is 1. The summed E-state index contributed by atoms with van der Waals surface area (Å²) >= 11 is 0. The highest BCUT2D eigenvalue weighted by Gasteiger charge is 2.64. The standard InChI is InChI=1S/C12H14F6O3/c1-5-6(2)10(4,7(19)9(5,3)20)21-8(11(13,14)15)12(16,17)18/h8,20H,1-4H3/i1D3,2D3. The molecule has 2 unspecified atom stereocenters. The average Bonchev–Trinajstić information content (AvgIpc) is 2.51. The summed E-state index contributed by atoms with van der Waals surface area (Å²) in [7, 11) is 0. The highest BCUT2D eigenvalue weighted by atomic mass is 19.4. The van der Waals surface area contributed by atoms with E-state index in [1.807, 2.05) is 0 Å². The first-order chi connectivity index (χ1) is 11.5. The SMILES string of the molecule is [2H]C([2H])([2H])C1=C(C([2H])([2H])[2H])C(C)(OC(C(F)(F)F)C(F)(F)F)C(=O)C1(C)O. The fourth-order valence-electron chi connectivity index (χ4n) is 1.84. The van der Waals surface area contributed by atoms with Crippen LogP contribution in [0.1, 0.15) is 35.8 Å². The van der Waals surface area contributed by atoms with Gasteiger partial charge in [0.25, 0.3) is 6.10 Å². The van der Waals surface area contributed by atoms with Gasteiger partial charge in [-0.2, -0.15) is 26.3 Å². The molecule has 0 aromatic rings. The van der Waals surface area contributed by atoms with Crippen LogP contribution in [-0.2, 0) is 9.53 Å². The zero-order valence-electron chi connectivity index (χ0n) is 16.6. The summed E-state index contributed by atoms with van der Waals surface area (Å²) in [5.74, 6) is -1.97. The first-order valence-corrected chi connectivity index (χ1v) is 5.33. The molecule has 0 radical (unpaired) electrons. The molecule has 1 rings (SSSR count). The van der Waals surface area contributed by atoms with Gasteiger partial charge in [0.1, 0.15) is 11.2 Å². The second-order valence-electron chi connectivity index (χ2n) is 4.77. The van der Waals surface area contributed by atoms with Crippen LogP contribution in [0.5, 0.6) is 0 Å². The van der Waals surface area contributed by atoms with Crippen LogP contribution in [-0.4, -0.2) is 40.5 Å². The molecule has 0 heterocycles. The number of halogens is 6. The van der Waals surface area contributed by atoms with Crippen LogP contribution in [0.4, 0.5) is 26.3 Å². The van der Waals surface area contributed by atoms with Gasteiger partial charge in [0.15, 0.2) is 0 Å². The van der Waals surface area contributed by atoms with Crippen LogP contribution in [0, 0.1) is 0 Å². The fraction of sp³-hybridized carbons (Fsp3) is 0.750. The van der Waals surface area contributed by atoms with Crippen molar-refractivity contribution in [3.8, 4) is 0 Å². The monoisotopic (exact) mass is 326 g/mol. The zero-order chi connectivity index (χ0) is 22.0. The van der Waals surface area contributed by atoms with E-state index in [4.69, 9.17) is 8.22 Å². The molecular formula is C12H14F6O3. The molecule has 0 amide bonds. The van der Waals surface area contributed by atoms with Gasteiger partial charge in [-0.25, -0.2) is 0 Å². The largest absolute Gasteiger partial charge is 0.423 e. The van der Waals surface area contributed by atoms with Crippen LogP contribution in [0.15, 0.2) is 11.1 Å². The lowest BCUT2D eigenvalue weighted by molar-refractivity contribution is -0.335. The Balaban J connectivity index is 3.83. The number of alkyl halides is 6. The zero-order valence-corrected chi connectivity index (χ0v) is 10.6. The van der Waals surface area contributed by atoms with Crippen molar-refractivity contribution in [2.24, 2.45) is 0 Å². The van der Waals surface area contributed by atoms with E-state index in [1.165, 1.54) is 0 Å². The second kappa shape index (κ2) is 4.70. The van der Waals surface area contributed by atoms with E-state index in [0.717, 1.165) is 0 Å². The van der Waals surface area contributed by atoms with Crippen LogP contribution in [0.3, 0.4) is 0 Å². The second-order valence-corrected chi connectivity index (χ2v) is 4.77. The Morgan fingerprint density at radius 1 is 1.10 bits per heavy atom. The van der Waals surface area contributed by atoms with Crippen molar-refractivity contribution in [1.29, 1.82) is 0 Å². The molecule has 1 aliphatic rings. The molecule has 0 spiro atoms. The summed E-state index contributed by atoms with van der Waals surface area (Å²) in [6.07, 6.45) is -16.8. The lowest BCUT2D eigenvalue weighted by Crippen LogP contribution is -2.54. The summed E-state index contributed by atoms with van der Waals surface area (Å²) in [5.41, 5.74) is -9.84. The number of hydrogen-bond donors (Lipinski definition) is 1. The molecule has 122 valence electrons. The van der Waals surface area contributed by atoms with Crippen molar-refractivity contribution in [2.45, 2.75) is 57.2 Å². The molecule has 1 aliphatic carbocycles. The van der Waals surface area contributed by atoms with E-state index in [9.17, 15) is 36.2 Å². The first kappa shape index (κ1) is 10.6. The van der Waals surface area contributed by atoms with E-state index < -0.39 is 60.3 Å². The minimum absolute atomic E-state index is 0.259. The first-order valence-electron chi connectivity index (χ1n) is 8.33. The number of ketones is 1. The van der Waals surface area contributed by atoms with Crippen LogP contribution < -0.4 is 0 Å². The van der Waals surface area contributed by atoms with Gasteiger partial charge in [0.2, 0.25) is 5.78 Å². The summed E-state index contributed by atoms with van der Waals surface area (Å²) < 4.78 is 125. The average molecular weight is 326 g/mol. The molecule has 21 heavy (non-hydrogen) atoms. The Morgan fingerprint density at radius 2 is 1.52 bits per heavy atom. The van der Waals surface area contributed by atoms with E-state index in [1.54, 1.807) is 0 Å². The van der Waals surface area contributed by atoms with Gasteiger partial charge in [-0.3, -0.25) is 4.79 Å². The van der Waals surface area contributed by atoms with Gasteiger partial charge < -0.3 is 9.84 Å². The van der Waals surface area contributed by atoms with E-state index in [2.05, 4.69) is 4.74 Å². The van der Waals surface area contributed by atoms with Crippen molar-refractivity contribution in [1.82, 2.24) is 0 Å². The third-order valence-corrected chi connectivity index (χ3v) is 3.04. The molecule has 0 bridgehead atoms. The summed E-state index contributed by atoms with van der Waals surface area (Å²) in [5, 5.41) is 10.2. The molecule has 0 aliphatic heterocycles. The van der Waals surface area contributed by atoms with Crippen LogP contribution in [0.2, 0.25) is 0 Å². The number of rotatable bonds is 2. The Bertz CT molecular complexity index is 646. The molecule has 2 atom stereocenters. The van der Waals surface area contributed by atoms with Gasteiger partial charge in [0, 0.05) is 8.22 Å². The highest BCUT2D eigenvalue weighted by Crippen LogP contribution is 2.46. The predicted molar refractivity (Wildman–Crippen MR) is 59.4 cm³/mol. The van der Waals surface area contributed by atoms with Crippen molar-refractivity contribution >= 4 is 5.78 Å². The molecule has 9 heteroatoms. The Labute approximate surface area is 125 Å². The number of aliphatic hydroxyl groups is 1. The molecular weight excluding hydrogens is 306 g/mol. The van der Waals surface area contributed by atoms with Gasteiger partial charge >= 0.3 is 12.4 Å². The van der Waals surface area contributed by atoms with Crippen LogP contribution >= 0.6 is 0 Å². The topological polar surface area (TPSA) is 46.5 Å². The van der Waals surface area contributed by atoms with E-state index >= 15 is 0 Å². The van der Waals surface area contributed by atoms with Crippen molar-refractivity contribution in [2.75, 3.05) is 0 Å². The van der Waals surface area contributed by atoms with Gasteiger partial charge in [-0.15, -0.1) is 0 Å². The van der Waals surface area contributed by atoms with Gasteiger partial charge in [-0.05, 0) is 38.7 Å². The molecule has 1 N–H and O–H groups in total. The van der Waals surface area contributed by atoms with E-state index in [-0.39, 0.29) is 6.92 Å². The number of carbonyl (C=O) groups is 1. The smallest absolute Gasteiger partial charge is 0.378 e. The summed E-state index contributed by atoms with van der Waals surface area (Å²) in [4.78, 5) is 12.4. The maximum absolute atomic E-state index is 12.8. The molecule has 0 aromatic heterocycles. The van der Waals surface area contributed by atoms with Crippen molar-refractivity contribution in [3.05, 3.63) is 11.1 Å². The summed E-state index contributed by atoms with van der Waals surface area (Å²) in [6, 6.07) is 0.